The third-order valence-corrected chi connectivity index (χ3v) is 3.28. The van der Waals surface area contributed by atoms with Crippen molar-refractivity contribution >= 4 is 0 Å². The molecule has 0 aromatic heterocycles. The van der Waals surface area contributed by atoms with Gasteiger partial charge in [0.1, 0.15) is 0 Å². The van der Waals surface area contributed by atoms with Gasteiger partial charge in [-0.3, -0.25) is 0 Å². The van der Waals surface area contributed by atoms with E-state index in [1.165, 1.54) is 45.3 Å². The van der Waals surface area contributed by atoms with E-state index < -0.39 is 0 Å². The van der Waals surface area contributed by atoms with E-state index in [0.29, 0.717) is 5.54 Å². The molecule has 0 aromatic rings. The van der Waals surface area contributed by atoms with Crippen molar-refractivity contribution < 1.29 is 0 Å². The number of nitrogens with zero attached hydrogens (tertiary/aromatic N) is 1. The maximum atomic E-state index is 3.67. The predicted octanol–water partition coefficient (Wildman–Crippen LogP) is 1.86. The number of hydrogen-bond acceptors (Lipinski definition) is 2. The van der Waals surface area contributed by atoms with Gasteiger partial charge in [-0.15, -0.1) is 0 Å². The monoisotopic (exact) mass is 184 g/mol. The van der Waals surface area contributed by atoms with E-state index >= 15 is 0 Å². The van der Waals surface area contributed by atoms with Crippen LogP contribution in [0.25, 0.3) is 0 Å². The SMILES string of the molecule is CC.CN1CCC2(CCCN2)CC1. The largest absolute Gasteiger partial charge is 0.311 e. The Morgan fingerprint density at radius 3 is 2.15 bits per heavy atom. The molecule has 0 unspecified atom stereocenters. The van der Waals surface area contributed by atoms with E-state index in [0.717, 1.165) is 0 Å². The zero-order chi connectivity index (χ0) is 9.73. The lowest BCUT2D eigenvalue weighted by molar-refractivity contribution is 0.174. The molecule has 2 aliphatic heterocycles. The minimum atomic E-state index is 0.562. The average Bonchev–Trinajstić information content (AvgIpc) is 2.63. The van der Waals surface area contributed by atoms with Crippen LogP contribution in [-0.4, -0.2) is 37.1 Å². The molecule has 0 bridgehead atoms. The smallest absolute Gasteiger partial charge is 0.0206 e. The quantitative estimate of drug-likeness (QED) is 0.618. The fourth-order valence-corrected chi connectivity index (χ4v) is 2.34. The Kier molecular flexibility index (Phi) is 4.20. The fraction of sp³-hybridized carbons (Fsp3) is 1.00. The van der Waals surface area contributed by atoms with Crippen molar-refractivity contribution in [2.45, 2.75) is 45.1 Å². The fourth-order valence-electron chi connectivity index (χ4n) is 2.34. The van der Waals surface area contributed by atoms with Crippen molar-refractivity contribution in [2.24, 2.45) is 0 Å². The Morgan fingerprint density at radius 1 is 1.08 bits per heavy atom. The minimum absolute atomic E-state index is 0.562. The van der Waals surface area contributed by atoms with Crippen molar-refractivity contribution in [3.63, 3.8) is 0 Å². The highest BCUT2D eigenvalue weighted by Crippen LogP contribution is 2.29. The average molecular weight is 184 g/mol. The first-order chi connectivity index (χ1) is 6.31. The van der Waals surface area contributed by atoms with Gasteiger partial charge in [0.05, 0.1) is 0 Å². The summed E-state index contributed by atoms with van der Waals surface area (Å²) in [6.45, 7) is 7.82. The van der Waals surface area contributed by atoms with Crippen LogP contribution in [0.2, 0.25) is 0 Å². The second-order valence-electron chi connectivity index (χ2n) is 4.11. The summed E-state index contributed by atoms with van der Waals surface area (Å²) in [4.78, 5) is 2.44. The van der Waals surface area contributed by atoms with Crippen LogP contribution in [0.3, 0.4) is 0 Å². The summed E-state index contributed by atoms with van der Waals surface area (Å²) in [5, 5.41) is 3.67. The number of piperidine rings is 1. The molecule has 0 saturated carbocycles. The third kappa shape index (κ3) is 2.68. The summed E-state index contributed by atoms with van der Waals surface area (Å²) < 4.78 is 0. The van der Waals surface area contributed by atoms with Gasteiger partial charge >= 0.3 is 0 Å². The van der Waals surface area contributed by atoms with E-state index in [-0.39, 0.29) is 0 Å². The van der Waals surface area contributed by atoms with Crippen molar-refractivity contribution in [3.8, 4) is 0 Å². The lowest BCUT2D eigenvalue weighted by Crippen LogP contribution is -2.48. The first kappa shape index (κ1) is 11.0. The first-order valence-corrected chi connectivity index (χ1v) is 5.74. The highest BCUT2D eigenvalue weighted by molar-refractivity contribution is 4.96. The normalized spacial score (nSPS) is 27.0. The Hall–Kier alpha value is -0.0800. The molecular formula is C11H24N2. The molecule has 2 rings (SSSR count). The molecule has 2 aliphatic rings. The van der Waals surface area contributed by atoms with Crippen molar-refractivity contribution in [2.75, 3.05) is 26.7 Å². The molecule has 0 aliphatic carbocycles. The van der Waals surface area contributed by atoms with Gasteiger partial charge in [0, 0.05) is 5.54 Å². The number of hydrogen-bond donors (Lipinski definition) is 1. The predicted molar refractivity (Wildman–Crippen MR) is 58.0 cm³/mol. The number of likely N-dealkylation sites (tertiary alicyclic amines) is 1. The summed E-state index contributed by atoms with van der Waals surface area (Å²) in [5.41, 5.74) is 0.562. The van der Waals surface area contributed by atoms with Gasteiger partial charge < -0.3 is 10.2 Å². The maximum Gasteiger partial charge on any atom is 0.0206 e. The van der Waals surface area contributed by atoms with Gasteiger partial charge in [-0.1, -0.05) is 13.8 Å². The topological polar surface area (TPSA) is 15.3 Å². The van der Waals surface area contributed by atoms with Crippen LogP contribution < -0.4 is 5.32 Å². The molecule has 2 fully saturated rings. The Balaban J connectivity index is 0.000000396. The van der Waals surface area contributed by atoms with Crippen molar-refractivity contribution in [3.05, 3.63) is 0 Å². The summed E-state index contributed by atoms with van der Waals surface area (Å²) in [7, 11) is 2.22. The first-order valence-electron chi connectivity index (χ1n) is 5.74. The highest BCUT2D eigenvalue weighted by atomic mass is 15.1. The molecule has 13 heavy (non-hydrogen) atoms. The van der Waals surface area contributed by atoms with Crippen LogP contribution in [-0.2, 0) is 0 Å². The van der Waals surface area contributed by atoms with Crippen LogP contribution >= 0.6 is 0 Å². The van der Waals surface area contributed by atoms with E-state index in [1.807, 2.05) is 13.8 Å². The molecule has 2 nitrogen and oxygen atoms in total. The molecule has 78 valence electrons. The van der Waals surface area contributed by atoms with Crippen LogP contribution in [0.5, 0.6) is 0 Å². The Bertz CT molecular complexity index is 129. The molecule has 1 spiro atoms. The molecule has 1 N–H and O–H groups in total. The molecule has 2 saturated heterocycles. The minimum Gasteiger partial charge on any atom is -0.311 e. The van der Waals surface area contributed by atoms with Crippen molar-refractivity contribution in [1.82, 2.24) is 10.2 Å². The lowest BCUT2D eigenvalue weighted by Gasteiger charge is -2.37. The zero-order valence-electron chi connectivity index (χ0n) is 9.40. The third-order valence-electron chi connectivity index (χ3n) is 3.28. The Labute approximate surface area is 82.7 Å². The van der Waals surface area contributed by atoms with Gasteiger partial charge in [0.25, 0.3) is 0 Å². The second kappa shape index (κ2) is 4.97. The van der Waals surface area contributed by atoms with Crippen molar-refractivity contribution in [1.29, 1.82) is 0 Å². The van der Waals surface area contributed by atoms with E-state index in [9.17, 15) is 0 Å². The van der Waals surface area contributed by atoms with Crippen LogP contribution in [0, 0.1) is 0 Å². The molecule has 0 amide bonds. The van der Waals surface area contributed by atoms with Gasteiger partial charge in [-0.05, 0) is 52.4 Å². The Morgan fingerprint density at radius 2 is 1.69 bits per heavy atom. The lowest BCUT2D eigenvalue weighted by atomic mass is 9.86. The van der Waals surface area contributed by atoms with Crippen LogP contribution in [0.1, 0.15) is 39.5 Å². The molecule has 0 aromatic carbocycles. The number of rotatable bonds is 0. The van der Waals surface area contributed by atoms with Crippen LogP contribution in [0.4, 0.5) is 0 Å². The van der Waals surface area contributed by atoms with Gasteiger partial charge in [0.2, 0.25) is 0 Å². The standard InChI is InChI=1S/C9H18N2.C2H6/c1-11-7-4-9(5-8-11)3-2-6-10-9;1-2/h10H,2-8H2,1H3;1-2H3. The summed E-state index contributed by atoms with van der Waals surface area (Å²) >= 11 is 0. The van der Waals surface area contributed by atoms with E-state index in [2.05, 4.69) is 17.3 Å². The summed E-state index contributed by atoms with van der Waals surface area (Å²) in [5.74, 6) is 0. The van der Waals surface area contributed by atoms with Crippen LogP contribution in [0.15, 0.2) is 0 Å². The molecule has 0 atom stereocenters. The van der Waals surface area contributed by atoms with E-state index in [4.69, 9.17) is 0 Å². The van der Waals surface area contributed by atoms with Gasteiger partial charge in [-0.25, -0.2) is 0 Å². The number of nitrogens with one attached hydrogen (secondary N) is 1. The van der Waals surface area contributed by atoms with E-state index in [1.54, 1.807) is 0 Å². The molecule has 2 heteroatoms. The maximum absolute atomic E-state index is 3.67. The summed E-state index contributed by atoms with van der Waals surface area (Å²) in [6.07, 6.45) is 5.54. The van der Waals surface area contributed by atoms with Gasteiger partial charge in [0.15, 0.2) is 0 Å². The van der Waals surface area contributed by atoms with Gasteiger partial charge in [-0.2, -0.15) is 0 Å². The highest BCUT2D eigenvalue weighted by Gasteiger charge is 2.35. The molecular weight excluding hydrogens is 160 g/mol. The molecule has 0 radical (unpaired) electrons. The molecule has 2 heterocycles. The summed E-state index contributed by atoms with van der Waals surface area (Å²) in [6, 6.07) is 0. The second-order valence-corrected chi connectivity index (χ2v) is 4.11. The zero-order valence-corrected chi connectivity index (χ0v) is 9.40.